The number of unbranched alkanes of at least 4 members (excludes halogenated alkanes) is 1. The first kappa shape index (κ1) is 31.1. The van der Waals surface area contributed by atoms with E-state index < -0.39 is 6.10 Å². The van der Waals surface area contributed by atoms with Crippen LogP contribution >= 0.6 is 0 Å². The predicted octanol–water partition coefficient (Wildman–Crippen LogP) is 3.68. The van der Waals surface area contributed by atoms with Gasteiger partial charge in [0, 0.05) is 53.0 Å². The standard InChI is InChI=1S/C30H46N2O7/c1-22(33)20-38-28-18-31-19-29(30(28)24-8-10-25(11-9-24)37-16-5-4-14-35-2)39-21-23-7-12-27(34)26(17-23)32-13-6-15-36-3/h7-12,17,22,28-34H,4-6,13-16,18-21H2,1-3H3/t22?,28-,29+,30+/m1/s1. The van der Waals surface area contributed by atoms with Crippen molar-refractivity contribution in [1.29, 1.82) is 0 Å². The number of nitrogens with one attached hydrogen (secondary N) is 2. The summed E-state index contributed by atoms with van der Waals surface area (Å²) in [5.41, 5.74) is 2.75. The maximum Gasteiger partial charge on any atom is 0.138 e. The minimum Gasteiger partial charge on any atom is -0.506 e. The molecule has 0 aliphatic carbocycles. The summed E-state index contributed by atoms with van der Waals surface area (Å²) < 4.78 is 28.7. The van der Waals surface area contributed by atoms with E-state index in [1.165, 1.54) is 0 Å². The number of aliphatic hydroxyl groups excluding tert-OH is 1. The summed E-state index contributed by atoms with van der Waals surface area (Å²) in [4.78, 5) is 0. The van der Waals surface area contributed by atoms with Crippen molar-refractivity contribution >= 4 is 5.69 Å². The van der Waals surface area contributed by atoms with Crippen molar-refractivity contribution in [3.8, 4) is 11.5 Å². The third-order valence-corrected chi connectivity index (χ3v) is 6.69. The van der Waals surface area contributed by atoms with Gasteiger partial charge in [-0.1, -0.05) is 18.2 Å². The number of phenolic OH excluding ortho intramolecular Hbond substituents is 1. The van der Waals surface area contributed by atoms with Crippen molar-refractivity contribution in [1.82, 2.24) is 5.32 Å². The molecule has 0 saturated carbocycles. The molecule has 2 aromatic carbocycles. The number of rotatable bonds is 18. The zero-order valence-corrected chi connectivity index (χ0v) is 23.6. The monoisotopic (exact) mass is 546 g/mol. The fourth-order valence-corrected chi connectivity index (χ4v) is 4.66. The van der Waals surface area contributed by atoms with E-state index in [-0.39, 0.29) is 30.5 Å². The molecule has 3 rings (SSSR count). The zero-order valence-electron chi connectivity index (χ0n) is 23.6. The first-order chi connectivity index (χ1) is 19.0. The minimum atomic E-state index is -0.548. The summed E-state index contributed by atoms with van der Waals surface area (Å²) in [5, 5.41) is 26.8. The lowest BCUT2D eigenvalue weighted by atomic mass is 9.85. The molecular weight excluding hydrogens is 500 g/mol. The average molecular weight is 547 g/mol. The largest absolute Gasteiger partial charge is 0.506 e. The molecule has 2 aromatic rings. The Morgan fingerprint density at radius 1 is 0.923 bits per heavy atom. The second kappa shape index (κ2) is 17.3. The Bertz CT molecular complexity index is 941. The quantitative estimate of drug-likeness (QED) is 0.164. The van der Waals surface area contributed by atoms with Crippen LogP contribution in [0.1, 0.15) is 43.2 Å². The number of anilines is 1. The number of ether oxygens (including phenoxy) is 5. The van der Waals surface area contributed by atoms with E-state index in [0.717, 1.165) is 42.7 Å². The maximum absolute atomic E-state index is 10.3. The number of phenols is 1. The van der Waals surface area contributed by atoms with Gasteiger partial charge in [-0.2, -0.15) is 0 Å². The van der Waals surface area contributed by atoms with Crippen LogP contribution in [0.25, 0.3) is 0 Å². The summed E-state index contributed by atoms with van der Waals surface area (Å²) in [6.45, 7) is 6.48. The second-order valence-electron chi connectivity index (χ2n) is 10.00. The summed E-state index contributed by atoms with van der Waals surface area (Å²) in [5.74, 6) is 1.02. The van der Waals surface area contributed by atoms with Crippen molar-refractivity contribution < 1.29 is 33.9 Å². The highest BCUT2D eigenvalue weighted by molar-refractivity contribution is 5.57. The predicted molar refractivity (Wildman–Crippen MR) is 152 cm³/mol. The molecule has 0 radical (unpaired) electrons. The van der Waals surface area contributed by atoms with E-state index in [9.17, 15) is 10.2 Å². The Kier molecular flexibility index (Phi) is 13.8. The van der Waals surface area contributed by atoms with Gasteiger partial charge in [0.05, 0.1) is 43.8 Å². The van der Waals surface area contributed by atoms with Crippen molar-refractivity contribution in [3.63, 3.8) is 0 Å². The van der Waals surface area contributed by atoms with Crippen molar-refractivity contribution in [3.05, 3.63) is 53.6 Å². The Balaban J connectivity index is 1.67. The fraction of sp³-hybridized carbons (Fsp3) is 0.600. The summed E-state index contributed by atoms with van der Waals surface area (Å²) in [6, 6.07) is 13.7. The molecule has 39 heavy (non-hydrogen) atoms. The van der Waals surface area contributed by atoms with Gasteiger partial charge in [0.1, 0.15) is 11.5 Å². The molecule has 9 nitrogen and oxygen atoms in total. The van der Waals surface area contributed by atoms with Gasteiger partial charge in [0.25, 0.3) is 0 Å². The Morgan fingerprint density at radius 2 is 1.62 bits per heavy atom. The Morgan fingerprint density at radius 3 is 2.33 bits per heavy atom. The molecule has 1 aliphatic rings. The van der Waals surface area contributed by atoms with Gasteiger partial charge >= 0.3 is 0 Å². The molecule has 1 fully saturated rings. The van der Waals surface area contributed by atoms with E-state index in [4.69, 9.17) is 23.7 Å². The number of aromatic hydroxyl groups is 1. The fourth-order valence-electron chi connectivity index (χ4n) is 4.66. The number of hydrogen-bond acceptors (Lipinski definition) is 9. The van der Waals surface area contributed by atoms with Crippen LogP contribution < -0.4 is 15.4 Å². The molecule has 0 bridgehead atoms. The van der Waals surface area contributed by atoms with E-state index in [2.05, 4.69) is 22.8 Å². The van der Waals surface area contributed by atoms with E-state index >= 15 is 0 Å². The Hall–Kier alpha value is -2.40. The van der Waals surface area contributed by atoms with Crippen molar-refractivity contribution in [2.75, 3.05) is 65.6 Å². The molecule has 218 valence electrons. The third kappa shape index (κ3) is 10.6. The van der Waals surface area contributed by atoms with Gasteiger partial charge < -0.3 is 44.5 Å². The maximum atomic E-state index is 10.3. The van der Waals surface area contributed by atoms with Gasteiger partial charge in [-0.05, 0) is 61.6 Å². The SMILES string of the molecule is COCCCCOc1ccc([C@@H]2[C@@H](OCc3ccc(O)c(NCCCOC)c3)CNC[C@H]2OCC(C)O)cc1. The molecule has 0 spiro atoms. The lowest BCUT2D eigenvalue weighted by Crippen LogP contribution is -2.51. The summed E-state index contributed by atoms with van der Waals surface area (Å²) in [7, 11) is 3.39. The van der Waals surface area contributed by atoms with Crippen LogP contribution in [0.2, 0.25) is 0 Å². The smallest absolute Gasteiger partial charge is 0.138 e. The highest BCUT2D eigenvalue weighted by atomic mass is 16.5. The first-order valence-electron chi connectivity index (χ1n) is 13.9. The molecule has 9 heteroatoms. The first-order valence-corrected chi connectivity index (χ1v) is 13.9. The van der Waals surface area contributed by atoms with Crippen LogP contribution in [0.15, 0.2) is 42.5 Å². The second-order valence-corrected chi connectivity index (χ2v) is 10.00. The summed E-state index contributed by atoms with van der Waals surface area (Å²) in [6.07, 6.45) is 1.90. The van der Waals surface area contributed by atoms with Crippen LogP contribution in [0, 0.1) is 0 Å². The lowest BCUT2D eigenvalue weighted by Gasteiger charge is -2.39. The number of methoxy groups -OCH3 is 2. The van der Waals surface area contributed by atoms with Crippen LogP contribution in [-0.2, 0) is 25.6 Å². The van der Waals surface area contributed by atoms with E-state index in [1.807, 2.05) is 24.3 Å². The average Bonchev–Trinajstić information content (AvgIpc) is 2.94. The number of aliphatic hydroxyl groups is 1. The minimum absolute atomic E-state index is 0.0236. The lowest BCUT2D eigenvalue weighted by molar-refractivity contribution is -0.0752. The van der Waals surface area contributed by atoms with Crippen LogP contribution in [-0.4, -0.2) is 88.8 Å². The summed E-state index contributed by atoms with van der Waals surface area (Å²) >= 11 is 0. The van der Waals surface area contributed by atoms with Crippen molar-refractivity contribution in [2.24, 2.45) is 0 Å². The Labute approximate surface area is 232 Å². The van der Waals surface area contributed by atoms with Gasteiger partial charge in [0.15, 0.2) is 0 Å². The van der Waals surface area contributed by atoms with Crippen LogP contribution in [0.3, 0.4) is 0 Å². The van der Waals surface area contributed by atoms with E-state index in [1.54, 1.807) is 27.2 Å². The molecule has 4 N–H and O–H groups in total. The van der Waals surface area contributed by atoms with Gasteiger partial charge in [-0.15, -0.1) is 0 Å². The highest BCUT2D eigenvalue weighted by Crippen LogP contribution is 2.33. The molecule has 1 aliphatic heterocycles. The number of piperidine rings is 1. The topological polar surface area (TPSA) is 111 Å². The van der Waals surface area contributed by atoms with Crippen LogP contribution in [0.4, 0.5) is 5.69 Å². The van der Waals surface area contributed by atoms with Gasteiger partial charge in [-0.3, -0.25) is 0 Å². The number of hydrogen-bond donors (Lipinski definition) is 4. The van der Waals surface area contributed by atoms with Gasteiger partial charge in [-0.25, -0.2) is 0 Å². The molecule has 0 amide bonds. The molecular formula is C30H46N2O7. The molecule has 1 heterocycles. The molecule has 0 aromatic heterocycles. The molecule has 1 unspecified atom stereocenters. The van der Waals surface area contributed by atoms with Gasteiger partial charge in [0.2, 0.25) is 0 Å². The van der Waals surface area contributed by atoms with Crippen molar-refractivity contribution in [2.45, 2.75) is 57.0 Å². The van der Waals surface area contributed by atoms with Crippen LogP contribution in [0.5, 0.6) is 11.5 Å². The molecule has 1 saturated heterocycles. The highest BCUT2D eigenvalue weighted by Gasteiger charge is 2.36. The number of benzene rings is 2. The van der Waals surface area contributed by atoms with E-state index in [0.29, 0.717) is 45.1 Å². The zero-order chi connectivity index (χ0) is 27.9. The normalized spacial score (nSPS) is 20.1. The third-order valence-electron chi connectivity index (χ3n) is 6.69. The molecule has 4 atom stereocenters.